The summed E-state index contributed by atoms with van der Waals surface area (Å²) < 4.78 is 0. The maximum atomic E-state index is 12.4. The highest BCUT2D eigenvalue weighted by Crippen LogP contribution is 2.29. The van der Waals surface area contributed by atoms with Gasteiger partial charge in [-0.2, -0.15) is 0 Å². The molecule has 0 saturated carbocycles. The number of hydrogen-bond acceptors (Lipinski definition) is 3. The first-order valence-electron chi connectivity index (χ1n) is 7.62. The van der Waals surface area contributed by atoms with Crippen molar-refractivity contribution in [2.75, 3.05) is 30.3 Å². The molecule has 1 saturated heterocycles. The number of nitrogen functional groups attached to an aromatic ring is 1. The van der Waals surface area contributed by atoms with Gasteiger partial charge >= 0.3 is 0 Å². The molecule has 1 fully saturated rings. The molecule has 1 aromatic rings. The van der Waals surface area contributed by atoms with Gasteiger partial charge in [0, 0.05) is 30.9 Å². The number of benzene rings is 1. The van der Waals surface area contributed by atoms with Gasteiger partial charge < -0.3 is 15.5 Å². The molecule has 0 aliphatic carbocycles. The summed E-state index contributed by atoms with van der Waals surface area (Å²) in [5.74, 6) is 0.0744. The van der Waals surface area contributed by atoms with Crippen LogP contribution >= 0.6 is 0 Å². The molecule has 2 amide bonds. The fourth-order valence-corrected chi connectivity index (χ4v) is 3.13. The summed E-state index contributed by atoms with van der Waals surface area (Å²) in [6, 6.07) is 5.54. The van der Waals surface area contributed by atoms with Crippen molar-refractivity contribution >= 4 is 23.2 Å². The summed E-state index contributed by atoms with van der Waals surface area (Å²) in [7, 11) is 0. The number of hydrogen-bond donors (Lipinski definition) is 1. The number of fused-ring (bicyclic) bond motifs is 1. The summed E-state index contributed by atoms with van der Waals surface area (Å²) in [4.78, 5) is 28.1. The van der Waals surface area contributed by atoms with Crippen molar-refractivity contribution in [1.82, 2.24) is 4.90 Å². The average Bonchev–Trinajstić information content (AvgIpc) is 2.51. The van der Waals surface area contributed by atoms with Gasteiger partial charge in [0.15, 0.2) is 0 Å². The third-order valence-electron chi connectivity index (χ3n) is 4.31. The summed E-state index contributed by atoms with van der Waals surface area (Å²) in [5.41, 5.74) is 8.40. The molecule has 5 nitrogen and oxygen atoms in total. The molecule has 0 aromatic heterocycles. The zero-order valence-corrected chi connectivity index (χ0v) is 12.2. The maximum absolute atomic E-state index is 12.4. The van der Waals surface area contributed by atoms with Crippen molar-refractivity contribution in [2.45, 2.75) is 32.1 Å². The Hall–Kier alpha value is -2.04. The number of aryl methyl sites for hydroxylation is 1. The Balaban J connectivity index is 1.78. The SMILES string of the molecule is Nc1ccc2c(c1)CCC(=O)N2CC(=O)N1CCCCC1. The number of carbonyl (C=O) groups excluding carboxylic acids is 2. The number of piperidine rings is 1. The first-order chi connectivity index (χ1) is 10.1. The molecule has 21 heavy (non-hydrogen) atoms. The van der Waals surface area contributed by atoms with Crippen LogP contribution in [0.3, 0.4) is 0 Å². The van der Waals surface area contributed by atoms with Crippen LogP contribution in [0.25, 0.3) is 0 Å². The fraction of sp³-hybridized carbons (Fsp3) is 0.500. The standard InChI is InChI=1S/C16H21N3O2/c17-13-5-6-14-12(10-13)4-7-15(20)19(14)11-16(21)18-8-2-1-3-9-18/h5-6,10H,1-4,7-9,11,17H2. The molecule has 2 N–H and O–H groups in total. The largest absolute Gasteiger partial charge is 0.399 e. The number of carbonyl (C=O) groups is 2. The molecule has 0 unspecified atom stereocenters. The van der Waals surface area contributed by atoms with Crippen LogP contribution in [0, 0.1) is 0 Å². The first-order valence-corrected chi connectivity index (χ1v) is 7.62. The van der Waals surface area contributed by atoms with Crippen molar-refractivity contribution in [3.05, 3.63) is 23.8 Å². The highest BCUT2D eigenvalue weighted by atomic mass is 16.2. The zero-order valence-electron chi connectivity index (χ0n) is 12.2. The molecule has 0 spiro atoms. The van der Waals surface area contributed by atoms with Gasteiger partial charge in [0.2, 0.25) is 11.8 Å². The molecule has 0 bridgehead atoms. The number of likely N-dealkylation sites (tertiary alicyclic amines) is 1. The Morgan fingerprint density at radius 1 is 1.14 bits per heavy atom. The van der Waals surface area contributed by atoms with Crippen molar-refractivity contribution in [1.29, 1.82) is 0 Å². The van der Waals surface area contributed by atoms with E-state index in [0.29, 0.717) is 18.5 Å². The lowest BCUT2D eigenvalue weighted by atomic mass is 10.0. The molecular formula is C16H21N3O2. The normalized spacial score (nSPS) is 18.6. The van der Waals surface area contributed by atoms with Gasteiger partial charge in [-0.3, -0.25) is 9.59 Å². The Kier molecular flexibility index (Phi) is 3.82. The van der Waals surface area contributed by atoms with Gasteiger partial charge in [0.05, 0.1) is 0 Å². The Labute approximate surface area is 124 Å². The highest BCUT2D eigenvalue weighted by molar-refractivity contribution is 6.01. The lowest BCUT2D eigenvalue weighted by Gasteiger charge is -2.33. The van der Waals surface area contributed by atoms with Gasteiger partial charge in [0.25, 0.3) is 0 Å². The molecule has 0 radical (unpaired) electrons. The van der Waals surface area contributed by atoms with E-state index in [1.54, 1.807) is 11.0 Å². The molecule has 1 aromatic carbocycles. The molecular weight excluding hydrogens is 266 g/mol. The lowest BCUT2D eigenvalue weighted by molar-refractivity contribution is -0.132. The van der Waals surface area contributed by atoms with Crippen molar-refractivity contribution < 1.29 is 9.59 Å². The van der Waals surface area contributed by atoms with E-state index in [4.69, 9.17) is 5.73 Å². The smallest absolute Gasteiger partial charge is 0.242 e. The third-order valence-corrected chi connectivity index (χ3v) is 4.31. The van der Waals surface area contributed by atoms with E-state index in [2.05, 4.69) is 0 Å². The molecule has 2 aliphatic heterocycles. The minimum atomic E-state index is 0.0256. The van der Waals surface area contributed by atoms with Crippen molar-refractivity contribution in [2.24, 2.45) is 0 Å². The molecule has 112 valence electrons. The number of anilines is 2. The molecule has 5 heteroatoms. The fourth-order valence-electron chi connectivity index (χ4n) is 3.13. The molecule has 0 atom stereocenters. The van der Waals surface area contributed by atoms with E-state index in [1.165, 1.54) is 6.42 Å². The van der Waals surface area contributed by atoms with Crippen molar-refractivity contribution in [3.63, 3.8) is 0 Å². The van der Waals surface area contributed by atoms with Gasteiger partial charge in [-0.25, -0.2) is 0 Å². The Morgan fingerprint density at radius 2 is 1.90 bits per heavy atom. The zero-order chi connectivity index (χ0) is 14.8. The van der Waals surface area contributed by atoms with Crippen molar-refractivity contribution in [3.8, 4) is 0 Å². The maximum Gasteiger partial charge on any atom is 0.242 e. The van der Waals surface area contributed by atoms with Crippen LogP contribution in [-0.4, -0.2) is 36.3 Å². The minimum absolute atomic E-state index is 0.0256. The van der Waals surface area contributed by atoms with Crippen LogP contribution in [0.5, 0.6) is 0 Å². The predicted octanol–water partition coefficient (Wildman–Crippen LogP) is 1.56. The van der Waals surface area contributed by atoms with Crippen LogP contribution in [0.2, 0.25) is 0 Å². The van der Waals surface area contributed by atoms with Crippen LogP contribution < -0.4 is 10.6 Å². The second-order valence-corrected chi connectivity index (χ2v) is 5.81. The summed E-state index contributed by atoms with van der Waals surface area (Å²) in [6.45, 7) is 1.78. The third kappa shape index (κ3) is 2.86. The average molecular weight is 287 g/mol. The number of amides is 2. The quantitative estimate of drug-likeness (QED) is 0.839. The van der Waals surface area contributed by atoms with E-state index < -0.39 is 0 Å². The highest BCUT2D eigenvalue weighted by Gasteiger charge is 2.28. The van der Waals surface area contributed by atoms with Gasteiger partial charge in [-0.05, 0) is 49.4 Å². The number of rotatable bonds is 2. The lowest BCUT2D eigenvalue weighted by Crippen LogP contribution is -2.46. The van der Waals surface area contributed by atoms with Gasteiger partial charge in [-0.1, -0.05) is 0 Å². The minimum Gasteiger partial charge on any atom is -0.399 e. The number of nitrogens with two attached hydrogens (primary N) is 1. The monoisotopic (exact) mass is 287 g/mol. The van der Waals surface area contributed by atoms with Crippen LogP contribution in [0.4, 0.5) is 11.4 Å². The second-order valence-electron chi connectivity index (χ2n) is 5.81. The van der Waals surface area contributed by atoms with Crippen LogP contribution in [-0.2, 0) is 16.0 Å². The summed E-state index contributed by atoms with van der Waals surface area (Å²) in [6.07, 6.45) is 4.46. The summed E-state index contributed by atoms with van der Waals surface area (Å²) >= 11 is 0. The van der Waals surface area contributed by atoms with Gasteiger partial charge in [0.1, 0.15) is 6.54 Å². The number of nitrogens with zero attached hydrogens (tertiary/aromatic N) is 2. The van der Waals surface area contributed by atoms with Gasteiger partial charge in [-0.15, -0.1) is 0 Å². The Morgan fingerprint density at radius 3 is 2.67 bits per heavy atom. The van der Waals surface area contributed by atoms with E-state index in [0.717, 1.165) is 37.2 Å². The first kappa shape index (κ1) is 13.9. The predicted molar refractivity (Wildman–Crippen MR) is 82.0 cm³/mol. The van der Waals surface area contributed by atoms with Crippen LogP contribution in [0.1, 0.15) is 31.2 Å². The van der Waals surface area contributed by atoms with E-state index in [1.807, 2.05) is 17.0 Å². The molecule has 2 heterocycles. The van der Waals surface area contributed by atoms with Crippen LogP contribution in [0.15, 0.2) is 18.2 Å². The Bertz CT molecular complexity index is 565. The molecule has 3 rings (SSSR count). The second kappa shape index (κ2) is 5.76. The van der Waals surface area contributed by atoms with E-state index >= 15 is 0 Å². The summed E-state index contributed by atoms with van der Waals surface area (Å²) in [5, 5.41) is 0. The van der Waals surface area contributed by atoms with E-state index in [-0.39, 0.29) is 18.4 Å². The molecule has 2 aliphatic rings. The van der Waals surface area contributed by atoms with E-state index in [9.17, 15) is 9.59 Å². The topological polar surface area (TPSA) is 66.6 Å².